The van der Waals surface area contributed by atoms with Gasteiger partial charge >= 0.3 is 0 Å². The van der Waals surface area contributed by atoms with Crippen LogP contribution in [-0.4, -0.2) is 28.2 Å². The van der Waals surface area contributed by atoms with Crippen molar-refractivity contribution in [2.45, 2.75) is 31.8 Å². The van der Waals surface area contributed by atoms with Crippen LogP contribution in [0.4, 0.5) is 0 Å². The van der Waals surface area contributed by atoms with Crippen LogP contribution in [0.2, 0.25) is 0 Å². The normalized spacial score (nSPS) is 15.5. The van der Waals surface area contributed by atoms with Gasteiger partial charge in [-0.15, -0.1) is 0 Å². The first-order valence-corrected chi connectivity index (χ1v) is 8.11. The predicted octanol–water partition coefficient (Wildman–Crippen LogP) is 1.35. The number of nitrogens with one attached hydrogen (secondary N) is 1. The summed E-state index contributed by atoms with van der Waals surface area (Å²) in [5.74, 6) is 0.445. The van der Waals surface area contributed by atoms with Crippen LogP contribution in [0, 0.1) is 0 Å². The second-order valence-electron chi connectivity index (χ2n) is 4.76. The molecular weight excluding hydrogens is 260 g/mol. The molecule has 3 N–H and O–H groups in total. The molecule has 0 radical (unpaired) electrons. The highest BCUT2D eigenvalue weighted by atomic mass is 32.2. The molecule has 0 aliphatic heterocycles. The number of carbonyl (C=O) groups is 1. The van der Waals surface area contributed by atoms with E-state index in [2.05, 4.69) is 5.32 Å². The van der Waals surface area contributed by atoms with Crippen LogP contribution >= 0.6 is 0 Å². The molecule has 106 valence electrons. The molecule has 0 fully saturated rings. The zero-order chi connectivity index (χ0) is 14.3. The van der Waals surface area contributed by atoms with E-state index < -0.39 is 10.8 Å². The minimum absolute atomic E-state index is 0.0377. The summed E-state index contributed by atoms with van der Waals surface area (Å²) in [7, 11) is -0.894. The first kappa shape index (κ1) is 15.9. The molecule has 19 heavy (non-hydrogen) atoms. The lowest BCUT2D eigenvalue weighted by Crippen LogP contribution is -2.36. The van der Waals surface area contributed by atoms with E-state index in [1.807, 2.05) is 37.3 Å². The van der Waals surface area contributed by atoms with E-state index in [9.17, 15) is 9.00 Å². The average Bonchev–Trinajstić information content (AvgIpc) is 2.36. The van der Waals surface area contributed by atoms with Crippen molar-refractivity contribution in [3.05, 3.63) is 35.9 Å². The van der Waals surface area contributed by atoms with Crippen molar-refractivity contribution in [2.75, 3.05) is 12.0 Å². The summed E-state index contributed by atoms with van der Waals surface area (Å²) in [4.78, 5) is 11.7. The van der Waals surface area contributed by atoms with Gasteiger partial charge in [0.15, 0.2) is 0 Å². The average molecular weight is 282 g/mol. The van der Waals surface area contributed by atoms with Crippen molar-refractivity contribution in [2.24, 2.45) is 5.73 Å². The van der Waals surface area contributed by atoms with Crippen LogP contribution in [0.5, 0.6) is 0 Å². The van der Waals surface area contributed by atoms with Crippen molar-refractivity contribution < 1.29 is 9.00 Å². The molecule has 0 spiro atoms. The largest absolute Gasteiger partial charge is 0.353 e. The number of nitrogens with two attached hydrogens (primary N) is 1. The quantitative estimate of drug-likeness (QED) is 0.793. The third-order valence-corrected chi connectivity index (χ3v) is 3.77. The summed E-state index contributed by atoms with van der Waals surface area (Å²) >= 11 is 0. The Kier molecular flexibility index (Phi) is 6.73. The summed E-state index contributed by atoms with van der Waals surface area (Å²) in [6.45, 7) is 1.86. The summed E-state index contributed by atoms with van der Waals surface area (Å²) in [5, 5.41) is 2.83. The molecule has 0 heterocycles. The Labute approximate surface area is 117 Å². The molecule has 0 aromatic heterocycles. The smallest absolute Gasteiger partial charge is 0.220 e. The number of hydrogen-bond acceptors (Lipinski definition) is 3. The molecule has 1 amide bonds. The van der Waals surface area contributed by atoms with Crippen LogP contribution in [0.1, 0.15) is 31.4 Å². The van der Waals surface area contributed by atoms with Gasteiger partial charge < -0.3 is 11.1 Å². The molecule has 0 saturated heterocycles. The van der Waals surface area contributed by atoms with Crippen molar-refractivity contribution in [1.29, 1.82) is 0 Å². The van der Waals surface area contributed by atoms with E-state index >= 15 is 0 Å². The fraction of sp³-hybridized carbons (Fsp3) is 0.500. The highest BCUT2D eigenvalue weighted by Gasteiger charge is 2.11. The van der Waals surface area contributed by atoms with Crippen LogP contribution in [-0.2, 0) is 15.6 Å². The third-order valence-electron chi connectivity index (χ3n) is 2.80. The van der Waals surface area contributed by atoms with Gasteiger partial charge in [-0.05, 0) is 18.9 Å². The lowest BCUT2D eigenvalue weighted by Gasteiger charge is -2.14. The van der Waals surface area contributed by atoms with Gasteiger partial charge in [-0.1, -0.05) is 30.3 Å². The molecule has 1 aromatic rings. The van der Waals surface area contributed by atoms with Crippen LogP contribution in [0.15, 0.2) is 30.3 Å². The Hall–Kier alpha value is -1.20. The van der Waals surface area contributed by atoms with Gasteiger partial charge in [-0.25, -0.2) is 0 Å². The predicted molar refractivity (Wildman–Crippen MR) is 79.1 cm³/mol. The standard InChI is InChI=1S/C14H22N2O2S/c1-11(10-19(2)18)16-14(17)9-8-13(15)12-6-4-3-5-7-12/h3-7,11,13H,8-10,15H2,1-2H3,(H,16,17). The van der Waals surface area contributed by atoms with Gasteiger partial charge in [0.2, 0.25) is 5.91 Å². The van der Waals surface area contributed by atoms with E-state index in [1.54, 1.807) is 6.26 Å². The molecule has 0 aliphatic carbocycles. The van der Waals surface area contributed by atoms with E-state index in [0.29, 0.717) is 18.6 Å². The zero-order valence-corrected chi connectivity index (χ0v) is 12.3. The Bertz CT molecular complexity index is 423. The van der Waals surface area contributed by atoms with Crippen molar-refractivity contribution in [3.63, 3.8) is 0 Å². The fourth-order valence-corrected chi connectivity index (χ4v) is 2.68. The molecule has 1 aromatic carbocycles. The third kappa shape index (κ3) is 6.50. The molecule has 0 bridgehead atoms. The summed E-state index contributed by atoms with van der Waals surface area (Å²) < 4.78 is 11.0. The second-order valence-corrected chi connectivity index (χ2v) is 6.24. The SMILES string of the molecule is CC(CS(C)=O)NC(=O)CCC(N)c1ccccc1. The Balaban J connectivity index is 2.32. The number of hydrogen-bond donors (Lipinski definition) is 2. The number of benzene rings is 1. The van der Waals surface area contributed by atoms with E-state index in [-0.39, 0.29) is 18.0 Å². The Morgan fingerprint density at radius 3 is 2.58 bits per heavy atom. The fourth-order valence-electron chi connectivity index (χ4n) is 1.89. The van der Waals surface area contributed by atoms with E-state index in [1.165, 1.54) is 0 Å². The molecule has 0 saturated carbocycles. The number of amides is 1. The number of rotatable bonds is 7. The summed E-state index contributed by atoms with van der Waals surface area (Å²) in [6.07, 6.45) is 2.63. The van der Waals surface area contributed by atoms with Crippen molar-refractivity contribution in [1.82, 2.24) is 5.32 Å². The minimum Gasteiger partial charge on any atom is -0.353 e. The highest BCUT2D eigenvalue weighted by molar-refractivity contribution is 7.84. The second kappa shape index (κ2) is 8.07. The Morgan fingerprint density at radius 1 is 1.37 bits per heavy atom. The van der Waals surface area contributed by atoms with Gasteiger partial charge in [0.05, 0.1) is 0 Å². The van der Waals surface area contributed by atoms with Crippen molar-refractivity contribution in [3.8, 4) is 0 Å². The van der Waals surface area contributed by atoms with Gasteiger partial charge in [-0.2, -0.15) is 0 Å². The van der Waals surface area contributed by atoms with Crippen LogP contribution in [0.25, 0.3) is 0 Å². The van der Waals surface area contributed by atoms with Gasteiger partial charge in [0.1, 0.15) is 0 Å². The molecule has 3 atom stereocenters. The molecule has 3 unspecified atom stereocenters. The molecule has 4 nitrogen and oxygen atoms in total. The molecular formula is C14H22N2O2S. The summed E-state index contributed by atoms with van der Waals surface area (Å²) in [5.41, 5.74) is 7.07. The lowest BCUT2D eigenvalue weighted by atomic mass is 10.0. The van der Waals surface area contributed by atoms with Gasteiger partial charge in [-0.3, -0.25) is 9.00 Å². The molecule has 1 rings (SSSR count). The van der Waals surface area contributed by atoms with Gasteiger partial charge in [0, 0.05) is 41.3 Å². The maximum atomic E-state index is 11.7. The minimum atomic E-state index is -0.894. The topological polar surface area (TPSA) is 72.2 Å². The van der Waals surface area contributed by atoms with Crippen LogP contribution < -0.4 is 11.1 Å². The molecule has 5 heteroatoms. The van der Waals surface area contributed by atoms with E-state index in [0.717, 1.165) is 5.56 Å². The first-order chi connectivity index (χ1) is 8.99. The monoisotopic (exact) mass is 282 g/mol. The van der Waals surface area contributed by atoms with E-state index in [4.69, 9.17) is 5.73 Å². The maximum absolute atomic E-state index is 11.7. The van der Waals surface area contributed by atoms with Crippen molar-refractivity contribution >= 4 is 16.7 Å². The highest BCUT2D eigenvalue weighted by Crippen LogP contribution is 2.14. The summed E-state index contributed by atoms with van der Waals surface area (Å²) in [6, 6.07) is 9.56. The zero-order valence-electron chi connectivity index (χ0n) is 11.5. The van der Waals surface area contributed by atoms with Crippen LogP contribution in [0.3, 0.4) is 0 Å². The first-order valence-electron chi connectivity index (χ1n) is 6.39. The lowest BCUT2D eigenvalue weighted by molar-refractivity contribution is -0.121. The maximum Gasteiger partial charge on any atom is 0.220 e. The number of carbonyl (C=O) groups excluding carboxylic acids is 1. The molecule has 0 aliphatic rings. The van der Waals surface area contributed by atoms with Gasteiger partial charge in [0.25, 0.3) is 0 Å². The Morgan fingerprint density at radius 2 is 2.00 bits per heavy atom.